The molecule has 0 bridgehead atoms. The van der Waals surface area contributed by atoms with Crippen molar-refractivity contribution < 1.29 is 4.79 Å². The van der Waals surface area contributed by atoms with Crippen molar-refractivity contribution in [3.8, 4) is 11.3 Å². The SMILES string of the molecule is [B]c1cnn2c(NCC3CCCN(C(=O)c4cccs4)C3)cc(-c3ccccc3Cl)nc12. The summed E-state index contributed by atoms with van der Waals surface area (Å²) in [6.07, 6.45) is 3.66. The molecule has 1 atom stereocenters. The van der Waals surface area contributed by atoms with Crippen LogP contribution in [0.1, 0.15) is 22.5 Å². The molecule has 4 aromatic rings. The van der Waals surface area contributed by atoms with E-state index < -0.39 is 0 Å². The van der Waals surface area contributed by atoms with Crippen molar-refractivity contribution in [1.82, 2.24) is 19.5 Å². The number of hydrogen-bond acceptors (Lipinski definition) is 5. The zero-order valence-corrected chi connectivity index (χ0v) is 18.9. The summed E-state index contributed by atoms with van der Waals surface area (Å²) in [5, 5.41) is 10.5. The lowest BCUT2D eigenvalue weighted by atomic mass is 9.97. The normalized spacial score (nSPS) is 16.4. The summed E-state index contributed by atoms with van der Waals surface area (Å²) in [7, 11) is 6.12. The molecule has 32 heavy (non-hydrogen) atoms. The Morgan fingerprint density at radius 1 is 1.28 bits per heavy atom. The van der Waals surface area contributed by atoms with Crippen LogP contribution in [0.25, 0.3) is 16.9 Å². The van der Waals surface area contributed by atoms with Gasteiger partial charge >= 0.3 is 0 Å². The monoisotopic (exact) mass is 461 g/mol. The summed E-state index contributed by atoms with van der Waals surface area (Å²) in [5.41, 5.74) is 2.66. The van der Waals surface area contributed by atoms with Gasteiger partial charge in [0.05, 0.1) is 10.6 Å². The average molecular weight is 462 g/mol. The fraction of sp³-hybridized carbons (Fsp3) is 0.261. The highest BCUT2D eigenvalue weighted by Gasteiger charge is 2.25. The molecule has 3 aromatic heterocycles. The maximum absolute atomic E-state index is 12.8. The molecule has 0 spiro atoms. The Morgan fingerprint density at radius 2 is 2.16 bits per heavy atom. The summed E-state index contributed by atoms with van der Waals surface area (Å²) in [6.45, 7) is 2.25. The average Bonchev–Trinajstić information content (AvgIpc) is 3.48. The molecule has 5 rings (SSSR count). The standard InChI is InChI=1S/C23H21BClN5OS/c24-17-13-27-30-21(11-19(28-22(17)30)16-6-1-2-7-18(16)25)26-12-15-5-3-9-29(14-15)23(31)20-8-4-10-32-20/h1-2,4,6-8,10-11,13,15,26H,3,5,9,12,14H2. The molecule has 1 unspecified atom stereocenters. The van der Waals surface area contributed by atoms with Crippen molar-refractivity contribution in [1.29, 1.82) is 0 Å². The number of amides is 1. The lowest BCUT2D eigenvalue weighted by Crippen LogP contribution is -2.41. The van der Waals surface area contributed by atoms with E-state index in [1.807, 2.05) is 52.7 Å². The second kappa shape index (κ2) is 8.96. The van der Waals surface area contributed by atoms with Crippen LogP contribution < -0.4 is 10.8 Å². The van der Waals surface area contributed by atoms with E-state index >= 15 is 0 Å². The molecule has 160 valence electrons. The molecule has 2 radical (unpaired) electrons. The lowest BCUT2D eigenvalue weighted by molar-refractivity contribution is 0.0685. The van der Waals surface area contributed by atoms with Crippen LogP contribution >= 0.6 is 22.9 Å². The van der Waals surface area contributed by atoms with Gasteiger partial charge in [0.2, 0.25) is 0 Å². The second-order valence-electron chi connectivity index (χ2n) is 7.96. The highest BCUT2D eigenvalue weighted by Crippen LogP contribution is 2.28. The molecular weight excluding hydrogens is 441 g/mol. The van der Waals surface area contributed by atoms with Gasteiger partial charge in [-0.05, 0) is 41.7 Å². The fourth-order valence-electron chi connectivity index (χ4n) is 4.13. The maximum Gasteiger partial charge on any atom is 0.263 e. The molecular formula is C23H21BClN5OS. The summed E-state index contributed by atoms with van der Waals surface area (Å²) >= 11 is 7.90. The van der Waals surface area contributed by atoms with Crippen molar-refractivity contribution >= 4 is 53.6 Å². The van der Waals surface area contributed by atoms with Crippen molar-refractivity contribution in [3.05, 3.63) is 63.9 Å². The van der Waals surface area contributed by atoms with E-state index in [0.717, 1.165) is 54.4 Å². The number of nitrogens with one attached hydrogen (secondary N) is 1. The number of aromatic nitrogens is 3. The number of anilines is 1. The predicted octanol–water partition coefficient (Wildman–Crippen LogP) is 3.87. The van der Waals surface area contributed by atoms with Crippen molar-refractivity contribution in [3.63, 3.8) is 0 Å². The minimum Gasteiger partial charge on any atom is -0.370 e. The number of carbonyl (C=O) groups is 1. The van der Waals surface area contributed by atoms with Gasteiger partial charge in [0, 0.05) is 42.5 Å². The highest BCUT2D eigenvalue weighted by atomic mass is 35.5. The molecule has 4 heterocycles. The van der Waals surface area contributed by atoms with Crippen LogP contribution in [-0.2, 0) is 0 Å². The lowest BCUT2D eigenvalue weighted by Gasteiger charge is -2.32. The zero-order chi connectivity index (χ0) is 22.1. The summed E-state index contributed by atoms with van der Waals surface area (Å²) < 4.78 is 1.72. The molecule has 0 saturated carbocycles. The molecule has 1 aliphatic rings. The third kappa shape index (κ3) is 4.12. The molecule has 1 amide bonds. The first kappa shape index (κ1) is 21.0. The summed E-state index contributed by atoms with van der Waals surface area (Å²) in [6, 6.07) is 13.4. The van der Waals surface area contributed by atoms with Gasteiger partial charge < -0.3 is 10.2 Å². The number of rotatable bonds is 5. The first-order valence-electron chi connectivity index (χ1n) is 10.6. The van der Waals surface area contributed by atoms with Crippen LogP contribution in [0, 0.1) is 5.92 Å². The number of benzene rings is 1. The third-order valence-electron chi connectivity index (χ3n) is 5.76. The minimum absolute atomic E-state index is 0.122. The second-order valence-corrected chi connectivity index (χ2v) is 9.31. The number of piperidine rings is 1. The number of halogens is 1. The van der Waals surface area contributed by atoms with E-state index in [-0.39, 0.29) is 5.91 Å². The van der Waals surface area contributed by atoms with E-state index in [1.165, 1.54) is 11.3 Å². The van der Waals surface area contributed by atoms with Gasteiger partial charge in [-0.1, -0.05) is 35.9 Å². The Kier molecular flexibility index (Phi) is 5.89. The molecule has 1 N–H and O–H groups in total. The van der Waals surface area contributed by atoms with E-state index in [1.54, 1.807) is 10.7 Å². The highest BCUT2D eigenvalue weighted by molar-refractivity contribution is 7.12. The van der Waals surface area contributed by atoms with Crippen LogP contribution in [0.2, 0.25) is 5.02 Å². The van der Waals surface area contributed by atoms with Crippen LogP contribution in [0.4, 0.5) is 5.82 Å². The van der Waals surface area contributed by atoms with Crippen LogP contribution in [-0.4, -0.2) is 52.9 Å². The molecule has 1 aromatic carbocycles. The molecule has 9 heteroatoms. The van der Waals surface area contributed by atoms with Crippen LogP contribution in [0.3, 0.4) is 0 Å². The third-order valence-corrected chi connectivity index (χ3v) is 6.95. The topological polar surface area (TPSA) is 62.5 Å². The van der Waals surface area contributed by atoms with Crippen molar-refractivity contribution in [2.75, 3.05) is 25.0 Å². The quantitative estimate of drug-likeness (QED) is 0.458. The Hall–Kier alpha value is -2.84. The number of fused-ring (bicyclic) bond motifs is 1. The smallest absolute Gasteiger partial charge is 0.263 e. The van der Waals surface area contributed by atoms with Gasteiger partial charge in [0.1, 0.15) is 13.7 Å². The summed E-state index contributed by atoms with van der Waals surface area (Å²) in [4.78, 5) is 20.2. The number of carbonyl (C=O) groups excluding carboxylic acids is 1. The zero-order valence-electron chi connectivity index (χ0n) is 17.4. The number of nitrogens with zero attached hydrogens (tertiary/aromatic N) is 4. The molecule has 1 aliphatic heterocycles. The van der Waals surface area contributed by atoms with Gasteiger partial charge in [-0.25, -0.2) is 4.98 Å². The van der Waals surface area contributed by atoms with E-state index in [2.05, 4.69) is 15.4 Å². The maximum atomic E-state index is 12.8. The first-order chi connectivity index (χ1) is 15.6. The number of hydrogen-bond donors (Lipinski definition) is 1. The Bertz CT molecular complexity index is 1260. The van der Waals surface area contributed by atoms with E-state index in [9.17, 15) is 4.79 Å². The van der Waals surface area contributed by atoms with Gasteiger partial charge in [0.25, 0.3) is 5.91 Å². The number of likely N-dealkylation sites (tertiary alicyclic amines) is 1. The van der Waals surface area contributed by atoms with Gasteiger partial charge in [-0.2, -0.15) is 9.61 Å². The first-order valence-corrected chi connectivity index (χ1v) is 11.8. The van der Waals surface area contributed by atoms with Crippen LogP contribution in [0.15, 0.2) is 54.0 Å². The largest absolute Gasteiger partial charge is 0.370 e. The van der Waals surface area contributed by atoms with Crippen molar-refractivity contribution in [2.24, 2.45) is 5.92 Å². The predicted molar refractivity (Wildman–Crippen MR) is 130 cm³/mol. The van der Waals surface area contributed by atoms with Crippen LogP contribution in [0.5, 0.6) is 0 Å². The van der Waals surface area contributed by atoms with Crippen molar-refractivity contribution in [2.45, 2.75) is 12.8 Å². The van der Waals surface area contributed by atoms with Gasteiger partial charge in [-0.3, -0.25) is 4.79 Å². The van der Waals surface area contributed by atoms with E-state index in [4.69, 9.17) is 19.4 Å². The Balaban J connectivity index is 1.37. The van der Waals surface area contributed by atoms with E-state index in [0.29, 0.717) is 22.1 Å². The van der Waals surface area contributed by atoms with Gasteiger partial charge in [0.15, 0.2) is 5.65 Å². The molecule has 1 saturated heterocycles. The molecule has 6 nitrogen and oxygen atoms in total. The summed E-state index contributed by atoms with van der Waals surface area (Å²) in [5.74, 6) is 1.26. The Morgan fingerprint density at radius 3 is 2.97 bits per heavy atom. The minimum atomic E-state index is 0.122. The fourth-order valence-corrected chi connectivity index (χ4v) is 5.06. The molecule has 1 fully saturated rings. The Labute approximate surface area is 196 Å². The van der Waals surface area contributed by atoms with Gasteiger partial charge in [-0.15, -0.1) is 11.3 Å². The number of thiophene rings is 1. The molecule has 0 aliphatic carbocycles.